The molecule has 6 heteroatoms. The van der Waals surface area contributed by atoms with Gasteiger partial charge < -0.3 is 5.11 Å². The Kier molecular flexibility index (Phi) is 4.37. The second kappa shape index (κ2) is 6.21. The van der Waals surface area contributed by atoms with Gasteiger partial charge in [-0.3, -0.25) is 14.9 Å². The molecule has 0 aromatic heterocycles. The molecule has 0 radical (unpaired) electrons. The quantitative estimate of drug-likeness (QED) is 0.674. The minimum absolute atomic E-state index is 0.00246. The van der Waals surface area contributed by atoms with Crippen LogP contribution in [0.4, 0.5) is 5.69 Å². The summed E-state index contributed by atoms with van der Waals surface area (Å²) in [5.41, 5.74) is 0.803. The third kappa shape index (κ3) is 3.83. The van der Waals surface area contributed by atoms with Crippen molar-refractivity contribution in [3.05, 3.63) is 64.2 Å². The van der Waals surface area contributed by atoms with Crippen LogP contribution in [0.2, 0.25) is 0 Å². The van der Waals surface area contributed by atoms with E-state index in [0.29, 0.717) is 0 Å². The number of hydrogen-bond acceptors (Lipinski definition) is 4. The predicted molar refractivity (Wildman–Crippen MR) is 75.0 cm³/mol. The van der Waals surface area contributed by atoms with Crippen molar-refractivity contribution in [1.29, 1.82) is 0 Å². The molecule has 2 aromatic rings. The SMILES string of the molecule is O=C(O)Cc1ccc(Sc2ccc([N+](=O)[O-])cc2)cc1. The highest BCUT2D eigenvalue weighted by Crippen LogP contribution is 2.29. The first-order valence-corrected chi connectivity index (χ1v) is 6.59. The van der Waals surface area contributed by atoms with E-state index in [-0.39, 0.29) is 12.1 Å². The second-order valence-electron chi connectivity index (χ2n) is 4.07. The minimum Gasteiger partial charge on any atom is -0.481 e. The van der Waals surface area contributed by atoms with E-state index in [1.54, 1.807) is 24.3 Å². The number of non-ortho nitro benzene ring substituents is 1. The van der Waals surface area contributed by atoms with Crippen molar-refractivity contribution in [2.75, 3.05) is 0 Å². The highest BCUT2D eigenvalue weighted by atomic mass is 32.2. The van der Waals surface area contributed by atoms with Crippen LogP contribution in [0.1, 0.15) is 5.56 Å². The van der Waals surface area contributed by atoms with E-state index in [1.165, 1.54) is 23.9 Å². The molecule has 0 atom stereocenters. The fourth-order valence-electron chi connectivity index (χ4n) is 1.62. The number of aliphatic carboxylic acids is 1. The van der Waals surface area contributed by atoms with Crippen LogP contribution in [0.5, 0.6) is 0 Å². The van der Waals surface area contributed by atoms with Gasteiger partial charge in [-0.2, -0.15) is 0 Å². The fraction of sp³-hybridized carbons (Fsp3) is 0.0714. The molecule has 0 aliphatic carbocycles. The molecule has 1 N–H and O–H groups in total. The molecule has 0 aliphatic heterocycles. The first-order valence-electron chi connectivity index (χ1n) is 5.77. The highest BCUT2D eigenvalue weighted by Gasteiger charge is 2.05. The summed E-state index contributed by atoms with van der Waals surface area (Å²) < 4.78 is 0. The summed E-state index contributed by atoms with van der Waals surface area (Å²) in [4.78, 5) is 22.5. The number of nitrogens with zero attached hydrogens (tertiary/aromatic N) is 1. The number of nitro groups is 1. The second-order valence-corrected chi connectivity index (χ2v) is 5.21. The van der Waals surface area contributed by atoms with Crippen molar-refractivity contribution in [3.63, 3.8) is 0 Å². The van der Waals surface area contributed by atoms with Crippen molar-refractivity contribution in [3.8, 4) is 0 Å². The van der Waals surface area contributed by atoms with Crippen molar-refractivity contribution in [2.24, 2.45) is 0 Å². The molecule has 5 nitrogen and oxygen atoms in total. The lowest BCUT2D eigenvalue weighted by Crippen LogP contribution is -1.99. The summed E-state index contributed by atoms with van der Waals surface area (Å²) in [7, 11) is 0. The van der Waals surface area contributed by atoms with Gasteiger partial charge >= 0.3 is 5.97 Å². The van der Waals surface area contributed by atoms with Crippen LogP contribution >= 0.6 is 11.8 Å². The zero-order valence-corrected chi connectivity index (χ0v) is 11.2. The smallest absolute Gasteiger partial charge is 0.307 e. The molecule has 0 saturated heterocycles. The Morgan fingerprint density at radius 2 is 1.55 bits per heavy atom. The van der Waals surface area contributed by atoms with E-state index >= 15 is 0 Å². The van der Waals surface area contributed by atoms with Crippen molar-refractivity contribution in [2.45, 2.75) is 16.2 Å². The van der Waals surface area contributed by atoms with E-state index in [9.17, 15) is 14.9 Å². The monoisotopic (exact) mass is 289 g/mol. The van der Waals surface area contributed by atoms with E-state index in [1.807, 2.05) is 12.1 Å². The largest absolute Gasteiger partial charge is 0.481 e. The van der Waals surface area contributed by atoms with Crippen LogP contribution in [-0.4, -0.2) is 16.0 Å². The van der Waals surface area contributed by atoms with E-state index in [0.717, 1.165) is 15.4 Å². The zero-order valence-electron chi connectivity index (χ0n) is 10.4. The fourth-order valence-corrected chi connectivity index (χ4v) is 2.44. The summed E-state index contributed by atoms with van der Waals surface area (Å²) in [6.07, 6.45) is 0.00246. The maximum absolute atomic E-state index is 10.6. The van der Waals surface area contributed by atoms with Gasteiger partial charge in [0.25, 0.3) is 5.69 Å². The van der Waals surface area contributed by atoms with Crippen LogP contribution in [0, 0.1) is 10.1 Å². The standard InChI is InChI=1S/C14H11NO4S/c16-14(17)9-10-1-5-12(6-2-10)20-13-7-3-11(4-8-13)15(18)19/h1-8H,9H2,(H,16,17). The normalized spacial score (nSPS) is 10.2. The molecule has 0 fully saturated rings. The van der Waals surface area contributed by atoms with Gasteiger partial charge in [-0.05, 0) is 29.8 Å². The third-order valence-electron chi connectivity index (χ3n) is 2.56. The Bertz CT molecular complexity index is 623. The number of benzene rings is 2. The molecule has 2 aromatic carbocycles. The number of rotatable bonds is 5. The lowest BCUT2D eigenvalue weighted by atomic mass is 10.2. The Morgan fingerprint density at radius 1 is 1.05 bits per heavy atom. The molecular formula is C14H11NO4S. The molecule has 0 unspecified atom stereocenters. The average molecular weight is 289 g/mol. The Hall–Kier alpha value is -2.34. The van der Waals surface area contributed by atoms with Crippen molar-refractivity contribution < 1.29 is 14.8 Å². The van der Waals surface area contributed by atoms with Crippen LogP contribution in [-0.2, 0) is 11.2 Å². The molecule has 20 heavy (non-hydrogen) atoms. The third-order valence-corrected chi connectivity index (χ3v) is 3.58. The van der Waals surface area contributed by atoms with Crippen LogP contribution in [0.3, 0.4) is 0 Å². The first-order chi connectivity index (χ1) is 9.54. The average Bonchev–Trinajstić information content (AvgIpc) is 2.41. The first kappa shape index (κ1) is 14.1. The van der Waals surface area contributed by atoms with Gasteiger partial charge in [-0.25, -0.2) is 0 Å². The van der Waals surface area contributed by atoms with Crippen LogP contribution in [0.25, 0.3) is 0 Å². The molecule has 2 rings (SSSR count). The molecule has 0 heterocycles. The predicted octanol–water partition coefficient (Wildman–Crippen LogP) is 3.37. The summed E-state index contributed by atoms with van der Waals surface area (Å²) in [5, 5.41) is 19.2. The van der Waals surface area contributed by atoms with Crippen LogP contribution < -0.4 is 0 Å². The molecule has 0 amide bonds. The summed E-state index contributed by atoms with van der Waals surface area (Å²) >= 11 is 1.47. The summed E-state index contributed by atoms with van der Waals surface area (Å²) in [6, 6.07) is 13.5. The zero-order chi connectivity index (χ0) is 14.5. The van der Waals surface area contributed by atoms with Gasteiger partial charge in [0.05, 0.1) is 11.3 Å². The van der Waals surface area contributed by atoms with Gasteiger partial charge in [-0.1, -0.05) is 23.9 Å². The maximum atomic E-state index is 10.6. The number of carbonyl (C=O) groups is 1. The van der Waals surface area contributed by atoms with Gasteiger partial charge in [-0.15, -0.1) is 0 Å². The topological polar surface area (TPSA) is 80.4 Å². The molecular weight excluding hydrogens is 278 g/mol. The molecule has 0 spiro atoms. The van der Waals surface area contributed by atoms with E-state index in [4.69, 9.17) is 5.11 Å². The number of carboxylic acid groups (broad SMARTS) is 1. The summed E-state index contributed by atoms with van der Waals surface area (Å²) in [5.74, 6) is -0.860. The Morgan fingerprint density at radius 3 is 2.00 bits per heavy atom. The molecule has 0 bridgehead atoms. The number of carboxylic acids is 1. The highest BCUT2D eigenvalue weighted by molar-refractivity contribution is 7.99. The van der Waals surface area contributed by atoms with E-state index < -0.39 is 10.9 Å². The lowest BCUT2D eigenvalue weighted by Gasteiger charge is -2.03. The van der Waals surface area contributed by atoms with Gasteiger partial charge in [0, 0.05) is 21.9 Å². The molecule has 0 aliphatic rings. The summed E-state index contributed by atoms with van der Waals surface area (Å²) in [6.45, 7) is 0. The van der Waals surface area contributed by atoms with Gasteiger partial charge in [0.2, 0.25) is 0 Å². The Labute approximate surface area is 119 Å². The van der Waals surface area contributed by atoms with Gasteiger partial charge in [0.1, 0.15) is 0 Å². The lowest BCUT2D eigenvalue weighted by molar-refractivity contribution is -0.384. The Balaban J connectivity index is 2.06. The van der Waals surface area contributed by atoms with Crippen LogP contribution in [0.15, 0.2) is 58.3 Å². The van der Waals surface area contributed by atoms with Crippen molar-refractivity contribution in [1.82, 2.24) is 0 Å². The molecule has 0 saturated carbocycles. The molecule has 102 valence electrons. The minimum atomic E-state index is -0.860. The van der Waals surface area contributed by atoms with Crippen molar-refractivity contribution >= 4 is 23.4 Å². The number of hydrogen-bond donors (Lipinski definition) is 1. The van der Waals surface area contributed by atoms with Gasteiger partial charge in [0.15, 0.2) is 0 Å². The van der Waals surface area contributed by atoms with E-state index in [2.05, 4.69) is 0 Å². The number of nitro benzene ring substituents is 1. The maximum Gasteiger partial charge on any atom is 0.307 e.